The number of carbonyl (C=O) groups is 2. The predicted molar refractivity (Wildman–Crippen MR) is 72.2 cm³/mol. The second kappa shape index (κ2) is 4.98. The summed E-state index contributed by atoms with van der Waals surface area (Å²) in [4.78, 5) is 28.5. The minimum Gasteiger partial charge on any atom is -0.340 e. The predicted octanol–water partition coefficient (Wildman–Crippen LogP) is 1.27. The fourth-order valence-electron chi connectivity index (χ4n) is 2.95. The standard InChI is InChI=1S/C15H17FN2O2/c1-17-4-6-18(7-5-17)15(20)13-9-14(19)12-8-10(16)2-3-11(12)13/h2-3,8,13H,4-7,9H2,1H3. The van der Waals surface area contributed by atoms with Crippen molar-refractivity contribution < 1.29 is 14.0 Å². The van der Waals surface area contributed by atoms with Crippen molar-refractivity contribution in [3.05, 3.63) is 35.1 Å². The number of Topliss-reactive ketones (excluding diaryl/α,β-unsaturated/α-hetero) is 1. The van der Waals surface area contributed by atoms with Gasteiger partial charge in [-0.2, -0.15) is 0 Å². The molecular formula is C15H17FN2O2. The van der Waals surface area contributed by atoms with E-state index in [2.05, 4.69) is 4.90 Å². The molecule has 0 saturated carbocycles. The number of hydrogen-bond donors (Lipinski definition) is 0. The molecule has 0 bridgehead atoms. The number of hydrogen-bond acceptors (Lipinski definition) is 3. The normalized spacial score (nSPS) is 23.0. The molecule has 106 valence electrons. The first kappa shape index (κ1) is 13.2. The Hall–Kier alpha value is -1.75. The highest BCUT2D eigenvalue weighted by Crippen LogP contribution is 2.35. The maximum atomic E-state index is 13.2. The van der Waals surface area contributed by atoms with Crippen LogP contribution in [0.4, 0.5) is 4.39 Å². The van der Waals surface area contributed by atoms with Crippen LogP contribution in [0.3, 0.4) is 0 Å². The fraction of sp³-hybridized carbons (Fsp3) is 0.467. The first-order valence-corrected chi connectivity index (χ1v) is 6.86. The molecule has 1 saturated heterocycles. The summed E-state index contributed by atoms with van der Waals surface area (Å²) in [7, 11) is 2.03. The Kier molecular flexibility index (Phi) is 3.30. The molecule has 0 N–H and O–H groups in total. The molecule has 1 aliphatic heterocycles. The van der Waals surface area contributed by atoms with Gasteiger partial charge in [0.05, 0.1) is 5.92 Å². The van der Waals surface area contributed by atoms with Crippen molar-refractivity contribution in [3.63, 3.8) is 0 Å². The quantitative estimate of drug-likeness (QED) is 0.775. The number of likely N-dealkylation sites (N-methyl/N-ethyl adjacent to an activating group) is 1. The number of carbonyl (C=O) groups excluding carboxylic acids is 2. The topological polar surface area (TPSA) is 40.6 Å². The molecule has 1 fully saturated rings. The average molecular weight is 276 g/mol. The van der Waals surface area contributed by atoms with Gasteiger partial charge < -0.3 is 9.80 Å². The van der Waals surface area contributed by atoms with Crippen molar-refractivity contribution in [2.75, 3.05) is 33.2 Å². The lowest BCUT2D eigenvalue weighted by molar-refractivity contribution is -0.134. The van der Waals surface area contributed by atoms with Crippen LogP contribution < -0.4 is 0 Å². The molecule has 1 aliphatic carbocycles. The van der Waals surface area contributed by atoms with Crippen molar-refractivity contribution in [1.82, 2.24) is 9.80 Å². The van der Waals surface area contributed by atoms with Crippen LogP contribution in [-0.2, 0) is 4.79 Å². The third kappa shape index (κ3) is 2.22. The van der Waals surface area contributed by atoms with E-state index in [1.807, 2.05) is 11.9 Å². The smallest absolute Gasteiger partial charge is 0.230 e. The average Bonchev–Trinajstić information content (AvgIpc) is 2.76. The SMILES string of the molecule is CN1CCN(C(=O)C2CC(=O)c3cc(F)ccc32)CC1. The van der Waals surface area contributed by atoms with Crippen molar-refractivity contribution in [2.24, 2.45) is 0 Å². The zero-order chi connectivity index (χ0) is 14.3. The van der Waals surface area contributed by atoms with E-state index in [4.69, 9.17) is 0 Å². The molecule has 0 spiro atoms. The van der Waals surface area contributed by atoms with Crippen molar-refractivity contribution in [1.29, 1.82) is 0 Å². The van der Waals surface area contributed by atoms with E-state index in [0.717, 1.165) is 13.1 Å². The van der Waals surface area contributed by atoms with Crippen LogP contribution >= 0.6 is 0 Å². The number of rotatable bonds is 1. The lowest BCUT2D eigenvalue weighted by Crippen LogP contribution is -2.48. The van der Waals surface area contributed by atoms with Gasteiger partial charge in [0.1, 0.15) is 5.82 Å². The summed E-state index contributed by atoms with van der Waals surface area (Å²) in [6.45, 7) is 3.08. The summed E-state index contributed by atoms with van der Waals surface area (Å²) < 4.78 is 13.2. The lowest BCUT2D eigenvalue weighted by atomic mass is 9.99. The molecule has 3 rings (SSSR count). The summed E-state index contributed by atoms with van der Waals surface area (Å²) in [6.07, 6.45) is 0.171. The first-order chi connectivity index (χ1) is 9.56. The Morgan fingerprint density at radius 1 is 1.25 bits per heavy atom. The van der Waals surface area contributed by atoms with Gasteiger partial charge in [-0.1, -0.05) is 6.07 Å². The van der Waals surface area contributed by atoms with E-state index in [0.29, 0.717) is 24.2 Å². The van der Waals surface area contributed by atoms with Crippen molar-refractivity contribution in [3.8, 4) is 0 Å². The van der Waals surface area contributed by atoms with E-state index in [9.17, 15) is 14.0 Å². The van der Waals surface area contributed by atoms with Crippen LogP contribution in [0.2, 0.25) is 0 Å². The number of nitrogens with zero attached hydrogens (tertiary/aromatic N) is 2. The minimum absolute atomic E-state index is 0.00296. The monoisotopic (exact) mass is 276 g/mol. The molecule has 2 aliphatic rings. The van der Waals surface area contributed by atoms with E-state index >= 15 is 0 Å². The minimum atomic E-state index is -0.429. The number of piperazine rings is 1. The number of benzene rings is 1. The Bertz CT molecular complexity index is 565. The zero-order valence-electron chi connectivity index (χ0n) is 11.4. The Morgan fingerprint density at radius 3 is 2.65 bits per heavy atom. The number of ketones is 1. The molecule has 4 nitrogen and oxygen atoms in total. The third-order valence-corrected chi connectivity index (χ3v) is 4.19. The molecule has 5 heteroatoms. The van der Waals surface area contributed by atoms with Gasteiger partial charge in [0, 0.05) is 38.2 Å². The molecule has 1 heterocycles. The summed E-state index contributed by atoms with van der Waals surface area (Å²) in [5, 5.41) is 0. The molecule has 1 aromatic carbocycles. The largest absolute Gasteiger partial charge is 0.340 e. The van der Waals surface area contributed by atoms with Gasteiger partial charge >= 0.3 is 0 Å². The highest BCUT2D eigenvalue weighted by Gasteiger charge is 2.37. The van der Waals surface area contributed by atoms with Gasteiger partial charge in [-0.15, -0.1) is 0 Å². The molecule has 1 amide bonds. The van der Waals surface area contributed by atoms with Gasteiger partial charge in [0.25, 0.3) is 0 Å². The van der Waals surface area contributed by atoms with Crippen LogP contribution in [0, 0.1) is 5.82 Å². The van der Waals surface area contributed by atoms with E-state index in [-0.39, 0.29) is 18.1 Å². The van der Waals surface area contributed by atoms with Gasteiger partial charge in [0.2, 0.25) is 5.91 Å². The molecule has 0 radical (unpaired) electrons. The maximum absolute atomic E-state index is 13.2. The second-order valence-corrected chi connectivity index (χ2v) is 5.54. The highest BCUT2D eigenvalue weighted by molar-refractivity contribution is 6.06. The Labute approximate surface area is 117 Å². The molecular weight excluding hydrogens is 259 g/mol. The van der Waals surface area contributed by atoms with E-state index < -0.39 is 11.7 Å². The fourth-order valence-corrected chi connectivity index (χ4v) is 2.95. The first-order valence-electron chi connectivity index (χ1n) is 6.86. The second-order valence-electron chi connectivity index (χ2n) is 5.54. The Balaban J connectivity index is 1.82. The van der Waals surface area contributed by atoms with Gasteiger partial charge in [0.15, 0.2) is 5.78 Å². The summed E-state index contributed by atoms with van der Waals surface area (Å²) in [6, 6.07) is 4.14. The number of fused-ring (bicyclic) bond motifs is 1. The zero-order valence-corrected chi connectivity index (χ0v) is 11.4. The van der Waals surface area contributed by atoms with E-state index in [1.165, 1.54) is 12.1 Å². The summed E-state index contributed by atoms with van der Waals surface area (Å²) >= 11 is 0. The maximum Gasteiger partial charge on any atom is 0.230 e. The lowest BCUT2D eigenvalue weighted by Gasteiger charge is -2.34. The van der Waals surface area contributed by atoms with Crippen LogP contribution in [0.5, 0.6) is 0 Å². The van der Waals surface area contributed by atoms with E-state index in [1.54, 1.807) is 6.07 Å². The van der Waals surface area contributed by atoms with Gasteiger partial charge in [-0.25, -0.2) is 4.39 Å². The highest BCUT2D eigenvalue weighted by atomic mass is 19.1. The van der Waals surface area contributed by atoms with Crippen LogP contribution in [0.15, 0.2) is 18.2 Å². The molecule has 1 aromatic rings. The molecule has 1 atom stereocenters. The van der Waals surface area contributed by atoms with Crippen molar-refractivity contribution >= 4 is 11.7 Å². The summed E-state index contributed by atoms with van der Waals surface area (Å²) in [5.41, 5.74) is 1.05. The van der Waals surface area contributed by atoms with Crippen molar-refractivity contribution in [2.45, 2.75) is 12.3 Å². The number of amides is 1. The van der Waals surface area contributed by atoms with Crippen LogP contribution in [0.25, 0.3) is 0 Å². The number of halogens is 1. The van der Waals surface area contributed by atoms with Gasteiger partial charge in [-0.05, 0) is 24.7 Å². The molecule has 20 heavy (non-hydrogen) atoms. The molecule has 0 aromatic heterocycles. The third-order valence-electron chi connectivity index (χ3n) is 4.19. The van der Waals surface area contributed by atoms with Crippen LogP contribution in [-0.4, -0.2) is 54.7 Å². The summed E-state index contributed by atoms with van der Waals surface area (Å²) in [5.74, 6) is -0.991. The van der Waals surface area contributed by atoms with Gasteiger partial charge in [-0.3, -0.25) is 9.59 Å². The Morgan fingerprint density at radius 2 is 1.95 bits per heavy atom. The van der Waals surface area contributed by atoms with Crippen LogP contribution in [0.1, 0.15) is 28.3 Å². The molecule has 1 unspecified atom stereocenters.